The number of halogens is 4. The van der Waals surface area contributed by atoms with Crippen molar-refractivity contribution in [2.24, 2.45) is 5.92 Å². The molecule has 0 aliphatic heterocycles. The zero-order chi connectivity index (χ0) is 18.9. The minimum absolute atomic E-state index is 0.114. The van der Waals surface area contributed by atoms with Crippen molar-refractivity contribution in [3.8, 4) is 23.1 Å². The van der Waals surface area contributed by atoms with Crippen LogP contribution in [0.3, 0.4) is 0 Å². The van der Waals surface area contributed by atoms with Crippen molar-refractivity contribution >= 4 is 11.6 Å². The molecule has 0 amide bonds. The summed E-state index contributed by atoms with van der Waals surface area (Å²) in [6.07, 6.45) is -1.11. The molecule has 26 heavy (non-hydrogen) atoms. The van der Waals surface area contributed by atoms with Crippen LogP contribution in [0.2, 0.25) is 5.02 Å². The van der Waals surface area contributed by atoms with Gasteiger partial charge in [-0.05, 0) is 29.9 Å². The third-order valence-corrected chi connectivity index (χ3v) is 4.37. The molecule has 0 spiro atoms. The number of rotatable bonds is 6. The molecular formula is C16H15ClF3N3O3. The predicted octanol–water partition coefficient (Wildman–Crippen LogP) is 3.85. The number of ether oxygens (including phenoxy) is 3. The van der Waals surface area contributed by atoms with Gasteiger partial charge in [0.15, 0.2) is 0 Å². The molecule has 10 heteroatoms. The average Bonchev–Trinajstić information content (AvgIpc) is 3.39. The molecule has 0 bridgehead atoms. The maximum atomic E-state index is 12.2. The normalized spacial score (nSPS) is 19.3. The van der Waals surface area contributed by atoms with Crippen LogP contribution in [0.1, 0.15) is 17.9 Å². The smallest absolute Gasteiger partial charge is 0.480 e. The number of alkyl halides is 3. The Morgan fingerprint density at radius 1 is 1.19 bits per heavy atom. The highest BCUT2D eigenvalue weighted by Gasteiger charge is 2.43. The lowest BCUT2D eigenvalue weighted by Gasteiger charge is -2.11. The maximum absolute atomic E-state index is 12.2. The van der Waals surface area contributed by atoms with Crippen LogP contribution in [0.25, 0.3) is 11.3 Å². The van der Waals surface area contributed by atoms with Gasteiger partial charge in [0.05, 0.1) is 37.1 Å². The zero-order valence-corrected chi connectivity index (χ0v) is 14.6. The van der Waals surface area contributed by atoms with Crippen molar-refractivity contribution in [3.63, 3.8) is 0 Å². The van der Waals surface area contributed by atoms with Crippen molar-refractivity contribution in [2.75, 3.05) is 20.8 Å². The van der Waals surface area contributed by atoms with Crippen LogP contribution in [-0.2, 0) is 4.74 Å². The monoisotopic (exact) mass is 389 g/mol. The Bertz CT molecular complexity index is 804. The van der Waals surface area contributed by atoms with Crippen molar-refractivity contribution < 1.29 is 27.4 Å². The van der Waals surface area contributed by atoms with E-state index in [1.807, 2.05) is 0 Å². The topological polar surface area (TPSA) is 66.4 Å². The van der Waals surface area contributed by atoms with E-state index in [-0.39, 0.29) is 23.7 Å². The quantitative estimate of drug-likeness (QED) is 0.747. The minimum Gasteiger partial charge on any atom is -0.480 e. The lowest BCUT2D eigenvalue weighted by atomic mass is 10.1. The highest BCUT2D eigenvalue weighted by Crippen LogP contribution is 2.50. The number of aromatic nitrogens is 3. The third-order valence-electron chi connectivity index (χ3n) is 4.05. The van der Waals surface area contributed by atoms with Crippen molar-refractivity contribution in [1.29, 1.82) is 0 Å². The summed E-state index contributed by atoms with van der Waals surface area (Å²) in [5.41, 5.74) is 1.74. The van der Waals surface area contributed by atoms with Crippen LogP contribution in [0, 0.1) is 5.92 Å². The van der Waals surface area contributed by atoms with Crippen LogP contribution in [-0.4, -0.2) is 42.1 Å². The van der Waals surface area contributed by atoms with Gasteiger partial charge < -0.3 is 9.47 Å². The number of pyridine rings is 1. The van der Waals surface area contributed by atoms with Gasteiger partial charge in [-0.3, -0.25) is 9.72 Å². The zero-order valence-electron chi connectivity index (χ0n) is 13.9. The summed E-state index contributed by atoms with van der Waals surface area (Å²) in [6.45, 7) is -0.392. The van der Waals surface area contributed by atoms with E-state index in [4.69, 9.17) is 21.1 Å². The van der Waals surface area contributed by atoms with Gasteiger partial charge in [-0.25, -0.2) is 4.98 Å². The first kappa shape index (κ1) is 18.7. The second-order valence-electron chi connectivity index (χ2n) is 5.73. The molecule has 0 aromatic carbocycles. The van der Waals surface area contributed by atoms with Gasteiger partial charge >= 0.3 is 12.4 Å². The summed E-state index contributed by atoms with van der Waals surface area (Å²) < 4.78 is 50.7. The van der Waals surface area contributed by atoms with E-state index in [9.17, 15) is 13.2 Å². The number of hydrogen-bond acceptors (Lipinski definition) is 6. The molecule has 2 aromatic rings. The molecule has 0 saturated heterocycles. The van der Waals surface area contributed by atoms with Gasteiger partial charge in [-0.15, -0.1) is 13.2 Å². The highest BCUT2D eigenvalue weighted by atomic mass is 35.5. The Labute approximate surface area is 152 Å². The van der Waals surface area contributed by atoms with E-state index < -0.39 is 13.0 Å². The molecule has 1 saturated carbocycles. The molecule has 1 aliphatic carbocycles. The van der Waals surface area contributed by atoms with Crippen LogP contribution < -0.4 is 9.47 Å². The second-order valence-corrected chi connectivity index (χ2v) is 6.14. The fourth-order valence-corrected chi connectivity index (χ4v) is 2.92. The standard InChI is InChI=1S/C16H15ClF3N3O3/c1-24-14-11(5-22-15(23-14)25-2)13-4-10(12(17)6-21-13)9-3-8(9)7-26-16(18,19)20/h4-6,8-9H,3,7H2,1-2H3/t8-,9+/m0/s1. The molecule has 0 radical (unpaired) electrons. The summed E-state index contributed by atoms with van der Waals surface area (Å²) in [7, 11) is 2.89. The largest absolute Gasteiger partial charge is 0.522 e. The molecule has 2 atom stereocenters. The van der Waals surface area contributed by atoms with E-state index in [0.717, 1.165) is 0 Å². The average molecular weight is 390 g/mol. The predicted molar refractivity (Wildman–Crippen MR) is 86.2 cm³/mol. The van der Waals surface area contributed by atoms with Crippen molar-refractivity contribution in [1.82, 2.24) is 15.0 Å². The molecule has 2 heterocycles. The molecule has 2 aromatic heterocycles. The van der Waals surface area contributed by atoms with E-state index >= 15 is 0 Å². The Kier molecular flexibility index (Phi) is 5.19. The Hall–Kier alpha value is -2.13. The first-order chi connectivity index (χ1) is 12.3. The summed E-state index contributed by atoms with van der Waals surface area (Å²) in [4.78, 5) is 12.4. The fourth-order valence-electron chi connectivity index (χ4n) is 2.68. The van der Waals surface area contributed by atoms with Crippen LogP contribution in [0.15, 0.2) is 18.5 Å². The second kappa shape index (κ2) is 7.24. The number of hydrogen-bond donors (Lipinski definition) is 0. The third kappa shape index (κ3) is 4.16. The summed E-state index contributed by atoms with van der Waals surface area (Å²) >= 11 is 6.19. The van der Waals surface area contributed by atoms with Gasteiger partial charge in [-0.1, -0.05) is 11.6 Å². The Morgan fingerprint density at radius 2 is 1.96 bits per heavy atom. The van der Waals surface area contributed by atoms with Gasteiger partial charge in [0.1, 0.15) is 0 Å². The molecule has 1 fully saturated rings. The Morgan fingerprint density at radius 3 is 2.62 bits per heavy atom. The number of methoxy groups -OCH3 is 2. The lowest BCUT2D eigenvalue weighted by molar-refractivity contribution is -0.326. The molecule has 140 valence electrons. The van der Waals surface area contributed by atoms with Crippen molar-refractivity contribution in [3.05, 3.63) is 29.0 Å². The fraction of sp³-hybridized carbons (Fsp3) is 0.438. The molecule has 1 aliphatic rings. The molecular weight excluding hydrogens is 375 g/mol. The van der Waals surface area contributed by atoms with Gasteiger partial charge in [-0.2, -0.15) is 4.98 Å². The molecule has 0 N–H and O–H groups in total. The molecule has 0 unspecified atom stereocenters. The first-order valence-electron chi connectivity index (χ1n) is 7.64. The van der Waals surface area contributed by atoms with E-state index in [1.165, 1.54) is 26.6 Å². The molecule has 6 nitrogen and oxygen atoms in total. The van der Waals surface area contributed by atoms with E-state index in [2.05, 4.69) is 19.7 Å². The molecule has 3 rings (SSSR count). The van der Waals surface area contributed by atoms with E-state index in [1.54, 1.807) is 6.07 Å². The van der Waals surface area contributed by atoms with Gasteiger partial charge in [0, 0.05) is 12.4 Å². The van der Waals surface area contributed by atoms with Crippen LogP contribution in [0.4, 0.5) is 13.2 Å². The summed E-state index contributed by atoms with van der Waals surface area (Å²) in [5.74, 6) is -0.0828. The Balaban J connectivity index is 1.83. The minimum atomic E-state index is -4.63. The lowest BCUT2D eigenvalue weighted by Crippen LogP contribution is -2.15. The van der Waals surface area contributed by atoms with Crippen LogP contribution >= 0.6 is 11.6 Å². The first-order valence-corrected chi connectivity index (χ1v) is 8.01. The summed E-state index contributed by atoms with van der Waals surface area (Å²) in [5, 5.41) is 0.390. The van der Waals surface area contributed by atoms with E-state index in [0.29, 0.717) is 28.3 Å². The maximum Gasteiger partial charge on any atom is 0.522 e. The van der Waals surface area contributed by atoms with Gasteiger partial charge in [0.2, 0.25) is 5.88 Å². The van der Waals surface area contributed by atoms with Gasteiger partial charge in [0.25, 0.3) is 0 Å². The summed E-state index contributed by atoms with van der Waals surface area (Å²) in [6, 6.07) is 1.86. The number of nitrogens with zero attached hydrogens (tertiary/aromatic N) is 3. The van der Waals surface area contributed by atoms with Crippen LogP contribution in [0.5, 0.6) is 11.9 Å². The SMILES string of the molecule is COc1ncc(-c2cc([C@@H]3C[C@H]3COC(F)(F)F)c(Cl)cn2)c(OC)n1. The highest BCUT2D eigenvalue weighted by molar-refractivity contribution is 6.31. The van der Waals surface area contributed by atoms with Crippen molar-refractivity contribution in [2.45, 2.75) is 18.7 Å².